The number of nitrogens with zero attached hydrogens (tertiary/aromatic N) is 2. The number of aromatic nitrogens is 2. The van der Waals surface area contributed by atoms with Crippen LogP contribution >= 0.6 is 46.3 Å². The summed E-state index contributed by atoms with van der Waals surface area (Å²) < 4.78 is 0.772. The minimum Gasteiger partial charge on any atom is -0.300 e. The van der Waals surface area contributed by atoms with E-state index < -0.39 is 0 Å². The minimum atomic E-state index is -0.121. The Kier molecular flexibility index (Phi) is 7.25. The van der Waals surface area contributed by atoms with Crippen LogP contribution in [0.1, 0.15) is 11.1 Å². The summed E-state index contributed by atoms with van der Waals surface area (Å²) in [6, 6.07) is 23.7. The number of carbonyl (C=O) groups is 1. The zero-order valence-corrected chi connectivity index (χ0v) is 19.4. The number of carbonyl (C=O) groups excluding carboxylic acids is 1. The van der Waals surface area contributed by atoms with Gasteiger partial charge in [0.05, 0.1) is 16.5 Å². The number of hydrogen-bond acceptors (Lipinski definition) is 5. The topological polar surface area (TPSA) is 54.9 Å². The van der Waals surface area contributed by atoms with Crippen molar-refractivity contribution >= 4 is 57.3 Å². The Hall–Kier alpha value is -2.38. The molecule has 0 aliphatic carbocycles. The molecule has 0 radical (unpaired) electrons. The third-order valence-corrected chi connectivity index (χ3v) is 7.21. The van der Waals surface area contributed by atoms with E-state index in [9.17, 15) is 4.79 Å². The summed E-state index contributed by atoms with van der Waals surface area (Å²) in [5, 5.41) is 12.6. The molecule has 1 aromatic heterocycles. The first kappa shape index (κ1) is 21.8. The van der Waals surface area contributed by atoms with Gasteiger partial charge in [0.15, 0.2) is 4.34 Å². The maximum absolute atomic E-state index is 12.4. The van der Waals surface area contributed by atoms with E-state index in [0.717, 1.165) is 26.6 Å². The lowest BCUT2D eigenvalue weighted by Gasteiger charge is -2.04. The fourth-order valence-electron chi connectivity index (χ4n) is 2.89. The molecule has 1 N–H and O–H groups in total. The summed E-state index contributed by atoms with van der Waals surface area (Å²) in [6.07, 6.45) is 0.278. The van der Waals surface area contributed by atoms with E-state index in [4.69, 9.17) is 23.2 Å². The van der Waals surface area contributed by atoms with Gasteiger partial charge in [-0.2, -0.15) is 0 Å². The van der Waals surface area contributed by atoms with Crippen LogP contribution in [0.5, 0.6) is 0 Å². The summed E-state index contributed by atoms with van der Waals surface area (Å²) in [5.41, 5.74) is 4.26. The molecule has 31 heavy (non-hydrogen) atoms. The molecule has 4 rings (SSSR count). The van der Waals surface area contributed by atoms with Crippen molar-refractivity contribution in [3.05, 3.63) is 94.0 Å². The largest absolute Gasteiger partial charge is 0.300 e. The molecule has 0 unspecified atom stereocenters. The molecule has 4 aromatic rings. The van der Waals surface area contributed by atoms with Crippen molar-refractivity contribution in [3.63, 3.8) is 0 Å². The fourth-order valence-corrected chi connectivity index (χ4v) is 4.92. The molecule has 1 heterocycles. The molecule has 0 bridgehead atoms. The second kappa shape index (κ2) is 10.3. The van der Waals surface area contributed by atoms with Gasteiger partial charge in [-0.25, -0.2) is 0 Å². The molecular formula is C23H17Cl2N3OS2. The van der Waals surface area contributed by atoms with E-state index in [-0.39, 0.29) is 12.3 Å². The van der Waals surface area contributed by atoms with E-state index in [1.807, 2.05) is 54.6 Å². The normalized spacial score (nSPS) is 10.8. The van der Waals surface area contributed by atoms with Gasteiger partial charge in [-0.15, -0.1) is 10.2 Å². The molecule has 156 valence electrons. The molecule has 0 saturated carbocycles. The maximum Gasteiger partial charge on any atom is 0.230 e. The van der Waals surface area contributed by atoms with Gasteiger partial charge in [-0.05, 0) is 34.4 Å². The summed E-state index contributed by atoms with van der Waals surface area (Å²) in [6.45, 7) is 0. The number of halogens is 2. The Morgan fingerprint density at radius 2 is 1.58 bits per heavy atom. The Balaban J connectivity index is 1.30. The number of rotatable bonds is 7. The molecular weight excluding hydrogens is 469 g/mol. The highest BCUT2D eigenvalue weighted by Gasteiger charge is 2.10. The van der Waals surface area contributed by atoms with Crippen molar-refractivity contribution in [2.45, 2.75) is 16.5 Å². The van der Waals surface area contributed by atoms with Gasteiger partial charge in [0.2, 0.25) is 11.0 Å². The fraction of sp³-hybridized carbons (Fsp3) is 0.0870. The number of nitrogens with one attached hydrogen (secondary N) is 1. The van der Waals surface area contributed by atoms with Crippen molar-refractivity contribution in [3.8, 4) is 11.1 Å². The van der Waals surface area contributed by atoms with E-state index in [2.05, 4.69) is 27.6 Å². The molecule has 1 amide bonds. The van der Waals surface area contributed by atoms with E-state index in [0.29, 0.717) is 20.9 Å². The highest BCUT2D eigenvalue weighted by molar-refractivity contribution is 8.00. The molecule has 0 aliphatic heterocycles. The van der Waals surface area contributed by atoms with E-state index in [1.165, 1.54) is 23.1 Å². The lowest BCUT2D eigenvalue weighted by Crippen LogP contribution is -2.14. The number of hydrogen-bond donors (Lipinski definition) is 1. The lowest BCUT2D eigenvalue weighted by molar-refractivity contribution is -0.115. The first-order valence-electron chi connectivity index (χ1n) is 9.41. The standard InChI is InChI=1S/C23H17Cl2N3OS2/c24-19-11-8-16(12-20(19)25)14-30-23-28-27-22(31-23)26-21(29)13-15-6-9-18(10-7-15)17-4-2-1-3-5-17/h1-12H,13-14H2,(H,26,27,29). The van der Waals surface area contributed by atoms with E-state index >= 15 is 0 Å². The van der Waals surface area contributed by atoms with Gasteiger partial charge in [-0.1, -0.05) is 107 Å². The molecule has 0 spiro atoms. The number of amides is 1. The molecule has 0 fully saturated rings. The first-order chi connectivity index (χ1) is 15.1. The highest BCUT2D eigenvalue weighted by atomic mass is 35.5. The first-order valence-corrected chi connectivity index (χ1v) is 12.0. The van der Waals surface area contributed by atoms with Gasteiger partial charge in [0.1, 0.15) is 0 Å². The third kappa shape index (κ3) is 6.08. The number of benzene rings is 3. The van der Waals surface area contributed by atoms with Crippen LogP contribution in [0.4, 0.5) is 5.13 Å². The lowest BCUT2D eigenvalue weighted by atomic mass is 10.0. The van der Waals surface area contributed by atoms with Crippen molar-refractivity contribution in [1.29, 1.82) is 0 Å². The van der Waals surface area contributed by atoms with Gasteiger partial charge >= 0.3 is 0 Å². The highest BCUT2D eigenvalue weighted by Crippen LogP contribution is 2.30. The second-order valence-corrected chi connectivity index (χ2v) is 9.71. The zero-order chi connectivity index (χ0) is 21.6. The van der Waals surface area contributed by atoms with Crippen LogP contribution in [0.15, 0.2) is 77.1 Å². The van der Waals surface area contributed by atoms with Gasteiger partial charge in [0.25, 0.3) is 0 Å². The van der Waals surface area contributed by atoms with E-state index in [1.54, 1.807) is 6.07 Å². The van der Waals surface area contributed by atoms with Crippen molar-refractivity contribution < 1.29 is 4.79 Å². The number of thioether (sulfide) groups is 1. The van der Waals surface area contributed by atoms with Crippen LogP contribution in [0.2, 0.25) is 10.0 Å². The average Bonchev–Trinajstić information content (AvgIpc) is 3.23. The molecule has 0 aliphatic rings. The Morgan fingerprint density at radius 3 is 2.32 bits per heavy atom. The average molecular weight is 486 g/mol. The SMILES string of the molecule is O=C(Cc1ccc(-c2ccccc2)cc1)Nc1nnc(SCc2ccc(Cl)c(Cl)c2)s1. The quantitative estimate of drug-likeness (QED) is 0.226. The molecule has 0 saturated heterocycles. The van der Waals surface area contributed by atoms with Gasteiger partial charge < -0.3 is 5.32 Å². The number of anilines is 1. The van der Waals surface area contributed by atoms with Crippen LogP contribution in [-0.4, -0.2) is 16.1 Å². The van der Waals surface area contributed by atoms with Crippen molar-refractivity contribution in [1.82, 2.24) is 10.2 Å². The summed E-state index contributed by atoms with van der Waals surface area (Å²) in [7, 11) is 0. The predicted octanol–water partition coefficient (Wildman–Crippen LogP) is 6.99. The molecule has 0 atom stereocenters. The second-order valence-electron chi connectivity index (χ2n) is 6.70. The molecule has 3 aromatic carbocycles. The Morgan fingerprint density at radius 1 is 0.871 bits per heavy atom. The maximum atomic E-state index is 12.4. The van der Waals surface area contributed by atoms with Crippen molar-refractivity contribution in [2.24, 2.45) is 0 Å². The van der Waals surface area contributed by atoms with Crippen LogP contribution in [0.3, 0.4) is 0 Å². The Labute approximate surface area is 198 Å². The van der Waals surface area contributed by atoms with Gasteiger partial charge in [-0.3, -0.25) is 4.79 Å². The van der Waals surface area contributed by atoms with Crippen LogP contribution in [0, 0.1) is 0 Å². The van der Waals surface area contributed by atoms with Crippen LogP contribution < -0.4 is 5.32 Å². The summed E-state index contributed by atoms with van der Waals surface area (Å²) in [5.74, 6) is 0.567. The minimum absolute atomic E-state index is 0.121. The predicted molar refractivity (Wildman–Crippen MR) is 130 cm³/mol. The molecule has 4 nitrogen and oxygen atoms in total. The monoisotopic (exact) mass is 485 g/mol. The van der Waals surface area contributed by atoms with Crippen LogP contribution in [0.25, 0.3) is 11.1 Å². The van der Waals surface area contributed by atoms with Gasteiger partial charge in [0, 0.05) is 5.75 Å². The van der Waals surface area contributed by atoms with Crippen LogP contribution in [-0.2, 0) is 17.0 Å². The zero-order valence-electron chi connectivity index (χ0n) is 16.2. The Bertz CT molecular complexity index is 1180. The van der Waals surface area contributed by atoms with Crippen molar-refractivity contribution in [2.75, 3.05) is 5.32 Å². The summed E-state index contributed by atoms with van der Waals surface area (Å²) in [4.78, 5) is 12.4. The third-order valence-electron chi connectivity index (χ3n) is 4.42. The summed E-state index contributed by atoms with van der Waals surface area (Å²) >= 11 is 14.9. The smallest absolute Gasteiger partial charge is 0.230 e. The molecule has 8 heteroatoms.